The SMILES string of the molecule is COc1ccc(C(=O)c2cccc(N)c2OC)c(F)c1. The molecule has 5 heteroatoms. The van der Waals surface area contributed by atoms with Crippen LogP contribution in [-0.4, -0.2) is 20.0 Å². The quantitative estimate of drug-likeness (QED) is 0.688. The number of para-hydroxylation sites is 1. The highest BCUT2D eigenvalue weighted by atomic mass is 19.1. The zero-order valence-corrected chi connectivity index (χ0v) is 11.1. The fraction of sp³-hybridized carbons (Fsp3) is 0.133. The molecule has 0 aromatic heterocycles. The van der Waals surface area contributed by atoms with E-state index in [1.807, 2.05) is 0 Å². The Bertz CT molecular complexity index is 656. The first-order valence-corrected chi connectivity index (χ1v) is 5.89. The number of nitrogens with two attached hydrogens (primary N) is 1. The summed E-state index contributed by atoms with van der Waals surface area (Å²) >= 11 is 0. The molecule has 0 aliphatic rings. The molecule has 0 saturated heterocycles. The van der Waals surface area contributed by atoms with E-state index in [1.165, 1.54) is 26.4 Å². The van der Waals surface area contributed by atoms with Crippen molar-refractivity contribution in [1.82, 2.24) is 0 Å². The molecule has 0 fully saturated rings. The Kier molecular flexibility index (Phi) is 3.89. The third kappa shape index (κ3) is 2.42. The second-order valence-electron chi connectivity index (χ2n) is 4.10. The first kappa shape index (κ1) is 13.9. The van der Waals surface area contributed by atoms with E-state index in [2.05, 4.69) is 0 Å². The van der Waals surface area contributed by atoms with Crippen LogP contribution in [0, 0.1) is 5.82 Å². The van der Waals surface area contributed by atoms with E-state index in [0.717, 1.165) is 6.07 Å². The lowest BCUT2D eigenvalue weighted by atomic mass is 10.0. The number of hydrogen-bond donors (Lipinski definition) is 1. The topological polar surface area (TPSA) is 61.5 Å². The van der Waals surface area contributed by atoms with E-state index < -0.39 is 11.6 Å². The number of carbonyl (C=O) groups excluding carboxylic acids is 1. The molecule has 0 unspecified atom stereocenters. The molecule has 104 valence electrons. The summed E-state index contributed by atoms with van der Waals surface area (Å²) in [5.74, 6) is -0.556. The molecule has 0 amide bonds. The number of rotatable bonds is 4. The van der Waals surface area contributed by atoms with Gasteiger partial charge in [-0.15, -0.1) is 0 Å². The van der Waals surface area contributed by atoms with E-state index in [4.69, 9.17) is 15.2 Å². The van der Waals surface area contributed by atoms with Gasteiger partial charge in [0.05, 0.1) is 31.0 Å². The molecule has 2 N–H and O–H groups in total. The number of halogens is 1. The van der Waals surface area contributed by atoms with Crippen molar-refractivity contribution in [3.63, 3.8) is 0 Å². The molecule has 2 aromatic carbocycles. The smallest absolute Gasteiger partial charge is 0.199 e. The van der Waals surface area contributed by atoms with Gasteiger partial charge in [0, 0.05) is 6.07 Å². The summed E-state index contributed by atoms with van der Waals surface area (Å²) < 4.78 is 24.0. The Labute approximate surface area is 115 Å². The lowest BCUT2D eigenvalue weighted by molar-refractivity contribution is 0.103. The lowest BCUT2D eigenvalue weighted by Crippen LogP contribution is -2.08. The summed E-state index contributed by atoms with van der Waals surface area (Å²) in [6.45, 7) is 0. The molecule has 4 nitrogen and oxygen atoms in total. The van der Waals surface area contributed by atoms with E-state index in [9.17, 15) is 9.18 Å². The van der Waals surface area contributed by atoms with Gasteiger partial charge in [-0.05, 0) is 24.3 Å². The minimum atomic E-state index is -0.654. The zero-order chi connectivity index (χ0) is 14.7. The minimum absolute atomic E-state index is 0.0605. The van der Waals surface area contributed by atoms with Crippen LogP contribution in [-0.2, 0) is 0 Å². The van der Waals surface area contributed by atoms with Gasteiger partial charge in [-0.1, -0.05) is 6.07 Å². The van der Waals surface area contributed by atoms with Crippen LogP contribution < -0.4 is 15.2 Å². The Hall–Kier alpha value is -2.56. The number of benzene rings is 2. The molecule has 2 aromatic rings. The highest BCUT2D eigenvalue weighted by Crippen LogP contribution is 2.29. The molecule has 0 atom stereocenters. The molecule has 0 aliphatic carbocycles. The van der Waals surface area contributed by atoms with Crippen molar-refractivity contribution >= 4 is 11.5 Å². The van der Waals surface area contributed by atoms with Crippen molar-refractivity contribution in [3.8, 4) is 11.5 Å². The van der Waals surface area contributed by atoms with Crippen molar-refractivity contribution in [1.29, 1.82) is 0 Å². The molecule has 0 saturated carbocycles. The lowest BCUT2D eigenvalue weighted by Gasteiger charge is -2.11. The second-order valence-corrected chi connectivity index (χ2v) is 4.10. The molecule has 0 aliphatic heterocycles. The van der Waals surface area contributed by atoms with Crippen molar-refractivity contribution in [2.75, 3.05) is 20.0 Å². The molecule has 0 heterocycles. The molecule has 2 rings (SSSR count). The van der Waals surface area contributed by atoms with Gasteiger partial charge >= 0.3 is 0 Å². The number of methoxy groups -OCH3 is 2. The van der Waals surface area contributed by atoms with Crippen LogP contribution in [0.25, 0.3) is 0 Å². The van der Waals surface area contributed by atoms with Gasteiger partial charge in [0.1, 0.15) is 11.6 Å². The van der Waals surface area contributed by atoms with Crippen molar-refractivity contribution < 1.29 is 18.7 Å². The number of hydrogen-bond acceptors (Lipinski definition) is 4. The maximum Gasteiger partial charge on any atom is 0.199 e. The molecular formula is C15H14FNO3. The first-order valence-electron chi connectivity index (χ1n) is 5.89. The minimum Gasteiger partial charge on any atom is -0.497 e. The third-order valence-electron chi connectivity index (χ3n) is 2.92. The number of nitrogen functional groups attached to an aromatic ring is 1. The van der Waals surface area contributed by atoms with Crippen LogP contribution in [0.15, 0.2) is 36.4 Å². The van der Waals surface area contributed by atoms with E-state index in [1.54, 1.807) is 18.2 Å². The molecule has 0 radical (unpaired) electrons. The second kappa shape index (κ2) is 5.61. The normalized spacial score (nSPS) is 10.2. The van der Waals surface area contributed by atoms with E-state index in [-0.39, 0.29) is 16.9 Å². The van der Waals surface area contributed by atoms with Gasteiger partial charge in [0.25, 0.3) is 0 Å². The van der Waals surface area contributed by atoms with Crippen molar-refractivity contribution in [2.45, 2.75) is 0 Å². The standard InChI is InChI=1S/C15H14FNO3/c1-19-9-6-7-10(12(16)8-9)14(18)11-4-3-5-13(17)15(11)20-2/h3-8H,17H2,1-2H3. The first-order chi connectivity index (χ1) is 9.58. The van der Waals surface area contributed by atoms with Gasteiger partial charge < -0.3 is 15.2 Å². The maximum atomic E-state index is 13.9. The fourth-order valence-corrected chi connectivity index (χ4v) is 1.91. The molecule has 0 spiro atoms. The summed E-state index contributed by atoms with van der Waals surface area (Å²) in [6, 6.07) is 8.83. The zero-order valence-electron chi connectivity index (χ0n) is 11.1. The predicted molar refractivity (Wildman–Crippen MR) is 73.8 cm³/mol. The van der Waals surface area contributed by atoms with Crippen LogP contribution in [0.1, 0.15) is 15.9 Å². The maximum absolute atomic E-state index is 13.9. The van der Waals surface area contributed by atoms with Gasteiger partial charge in [0.2, 0.25) is 0 Å². The average molecular weight is 275 g/mol. The van der Waals surface area contributed by atoms with E-state index >= 15 is 0 Å². The Morgan fingerprint density at radius 3 is 2.45 bits per heavy atom. The van der Waals surface area contributed by atoms with Crippen LogP contribution in [0.4, 0.5) is 10.1 Å². The molecule has 0 bridgehead atoms. The van der Waals surface area contributed by atoms with Gasteiger partial charge in [-0.3, -0.25) is 4.79 Å². The number of ketones is 1. The molecular weight excluding hydrogens is 261 g/mol. The van der Waals surface area contributed by atoms with Gasteiger partial charge in [-0.25, -0.2) is 4.39 Å². The third-order valence-corrected chi connectivity index (χ3v) is 2.92. The van der Waals surface area contributed by atoms with Gasteiger partial charge in [0.15, 0.2) is 11.5 Å². The van der Waals surface area contributed by atoms with Crippen LogP contribution >= 0.6 is 0 Å². The van der Waals surface area contributed by atoms with Crippen molar-refractivity contribution in [2.24, 2.45) is 0 Å². The van der Waals surface area contributed by atoms with Crippen LogP contribution in [0.5, 0.6) is 11.5 Å². The number of carbonyl (C=O) groups is 1. The summed E-state index contributed by atoms with van der Waals surface area (Å²) in [4.78, 5) is 12.4. The summed E-state index contributed by atoms with van der Waals surface area (Å²) in [7, 11) is 2.84. The number of ether oxygens (including phenoxy) is 2. The van der Waals surface area contributed by atoms with Crippen LogP contribution in [0.2, 0.25) is 0 Å². The molecule has 20 heavy (non-hydrogen) atoms. The van der Waals surface area contributed by atoms with Crippen molar-refractivity contribution in [3.05, 3.63) is 53.3 Å². The summed E-state index contributed by atoms with van der Waals surface area (Å²) in [6.07, 6.45) is 0. The summed E-state index contributed by atoms with van der Waals surface area (Å²) in [5, 5.41) is 0. The monoisotopic (exact) mass is 275 g/mol. The largest absolute Gasteiger partial charge is 0.497 e. The predicted octanol–water partition coefficient (Wildman–Crippen LogP) is 2.66. The summed E-state index contributed by atoms with van der Waals surface area (Å²) in [5.41, 5.74) is 6.23. The Morgan fingerprint density at radius 1 is 1.10 bits per heavy atom. The van der Waals surface area contributed by atoms with Gasteiger partial charge in [-0.2, -0.15) is 0 Å². The highest BCUT2D eigenvalue weighted by Gasteiger charge is 2.19. The fourth-order valence-electron chi connectivity index (χ4n) is 1.91. The Balaban J connectivity index is 2.49. The Morgan fingerprint density at radius 2 is 1.85 bits per heavy atom. The number of anilines is 1. The van der Waals surface area contributed by atoms with E-state index in [0.29, 0.717) is 11.4 Å². The average Bonchev–Trinajstić information content (AvgIpc) is 2.46. The van der Waals surface area contributed by atoms with Crippen LogP contribution in [0.3, 0.4) is 0 Å². The highest BCUT2D eigenvalue weighted by molar-refractivity contribution is 6.11.